The molecule has 0 aliphatic carbocycles. The standard InChI is InChI=1S/C17H20BN3O4S/c1-20(2)26(24,25)14-8-6-13(7-9-14)10-11-21-12-15-16(18(22)23)4-3-5-17(15)19-21/h3-9,12,22-23H,10-11H2,1-2H3. The molecule has 0 fully saturated rings. The Kier molecular flexibility index (Phi) is 5.15. The first-order chi connectivity index (χ1) is 12.3. The zero-order valence-corrected chi connectivity index (χ0v) is 15.4. The molecule has 2 aromatic carbocycles. The van der Waals surface area contributed by atoms with Gasteiger partial charge in [0.25, 0.3) is 0 Å². The van der Waals surface area contributed by atoms with E-state index in [1.807, 2.05) is 6.07 Å². The van der Waals surface area contributed by atoms with Crippen LogP contribution in [0.2, 0.25) is 0 Å². The lowest BCUT2D eigenvalue weighted by molar-refractivity contribution is 0.426. The van der Waals surface area contributed by atoms with Gasteiger partial charge in [-0.1, -0.05) is 24.3 Å². The Hall–Kier alpha value is -2.20. The van der Waals surface area contributed by atoms with Crippen molar-refractivity contribution in [2.45, 2.75) is 17.9 Å². The first-order valence-corrected chi connectivity index (χ1v) is 9.57. The van der Waals surface area contributed by atoms with Gasteiger partial charge in [0.2, 0.25) is 10.0 Å². The highest BCUT2D eigenvalue weighted by Crippen LogP contribution is 2.15. The van der Waals surface area contributed by atoms with E-state index in [-0.39, 0.29) is 4.90 Å². The first-order valence-electron chi connectivity index (χ1n) is 8.13. The van der Waals surface area contributed by atoms with Crippen LogP contribution in [0.25, 0.3) is 10.9 Å². The molecule has 0 spiro atoms. The number of benzene rings is 2. The molecule has 1 aromatic heterocycles. The molecule has 2 N–H and O–H groups in total. The quantitative estimate of drug-likeness (QED) is 0.603. The van der Waals surface area contributed by atoms with Gasteiger partial charge in [0, 0.05) is 32.2 Å². The summed E-state index contributed by atoms with van der Waals surface area (Å²) in [5.41, 5.74) is 2.11. The fourth-order valence-corrected chi connectivity index (χ4v) is 3.64. The molecule has 0 atom stereocenters. The van der Waals surface area contributed by atoms with Crippen LogP contribution in [0.3, 0.4) is 0 Å². The molecule has 0 bridgehead atoms. The summed E-state index contributed by atoms with van der Waals surface area (Å²) in [4.78, 5) is 0.262. The molecule has 7 nitrogen and oxygen atoms in total. The summed E-state index contributed by atoms with van der Waals surface area (Å²) in [6.07, 6.45) is 2.46. The molecular formula is C17H20BN3O4S. The molecule has 0 saturated heterocycles. The number of aromatic nitrogens is 2. The molecule has 0 aliphatic rings. The number of aryl methyl sites for hydroxylation is 2. The van der Waals surface area contributed by atoms with E-state index in [1.54, 1.807) is 47.3 Å². The van der Waals surface area contributed by atoms with E-state index in [2.05, 4.69) is 5.10 Å². The number of fused-ring (bicyclic) bond motifs is 1. The Bertz CT molecular complexity index is 1010. The third-order valence-corrected chi connectivity index (χ3v) is 6.07. The van der Waals surface area contributed by atoms with Crippen molar-refractivity contribution in [2.75, 3.05) is 14.1 Å². The van der Waals surface area contributed by atoms with Crippen LogP contribution in [0.1, 0.15) is 5.56 Å². The van der Waals surface area contributed by atoms with Gasteiger partial charge in [0.05, 0.1) is 10.4 Å². The highest BCUT2D eigenvalue weighted by atomic mass is 32.2. The van der Waals surface area contributed by atoms with E-state index in [4.69, 9.17) is 0 Å². The van der Waals surface area contributed by atoms with Crippen LogP contribution in [-0.4, -0.2) is 53.8 Å². The van der Waals surface area contributed by atoms with E-state index in [0.717, 1.165) is 5.56 Å². The second kappa shape index (κ2) is 7.20. The molecule has 9 heteroatoms. The minimum atomic E-state index is -3.42. The molecule has 0 radical (unpaired) electrons. The van der Waals surface area contributed by atoms with E-state index >= 15 is 0 Å². The van der Waals surface area contributed by atoms with Crippen molar-refractivity contribution in [3.05, 3.63) is 54.2 Å². The Morgan fingerprint density at radius 2 is 1.81 bits per heavy atom. The third-order valence-electron chi connectivity index (χ3n) is 4.24. The van der Waals surface area contributed by atoms with Gasteiger partial charge >= 0.3 is 7.12 Å². The van der Waals surface area contributed by atoms with Crippen molar-refractivity contribution in [3.63, 3.8) is 0 Å². The van der Waals surface area contributed by atoms with E-state index in [1.165, 1.54) is 18.4 Å². The monoisotopic (exact) mass is 373 g/mol. The average molecular weight is 373 g/mol. The minimum absolute atomic E-state index is 0.262. The van der Waals surface area contributed by atoms with Crippen LogP contribution in [0, 0.1) is 0 Å². The highest BCUT2D eigenvalue weighted by Gasteiger charge is 2.17. The van der Waals surface area contributed by atoms with Crippen molar-refractivity contribution in [1.82, 2.24) is 14.1 Å². The summed E-state index contributed by atoms with van der Waals surface area (Å²) < 4.78 is 27.1. The van der Waals surface area contributed by atoms with Crippen LogP contribution in [0.4, 0.5) is 0 Å². The van der Waals surface area contributed by atoms with Gasteiger partial charge in [-0.2, -0.15) is 5.10 Å². The molecular weight excluding hydrogens is 353 g/mol. The molecule has 26 heavy (non-hydrogen) atoms. The summed E-state index contributed by atoms with van der Waals surface area (Å²) in [5.74, 6) is 0. The molecule has 0 saturated carbocycles. The number of nitrogens with zero attached hydrogens (tertiary/aromatic N) is 3. The average Bonchev–Trinajstić information content (AvgIpc) is 3.03. The number of hydrogen-bond acceptors (Lipinski definition) is 5. The van der Waals surface area contributed by atoms with Crippen molar-refractivity contribution in [1.29, 1.82) is 0 Å². The summed E-state index contributed by atoms with van der Waals surface area (Å²) in [7, 11) is -1.96. The third kappa shape index (κ3) is 3.66. The summed E-state index contributed by atoms with van der Waals surface area (Å²) in [5, 5.41) is 24.0. The molecule has 3 aromatic rings. The molecule has 0 amide bonds. The van der Waals surface area contributed by atoms with Crippen LogP contribution >= 0.6 is 0 Å². The normalized spacial score (nSPS) is 12.0. The van der Waals surface area contributed by atoms with Gasteiger partial charge in [0.1, 0.15) is 0 Å². The van der Waals surface area contributed by atoms with Crippen molar-refractivity contribution < 1.29 is 18.5 Å². The Balaban J connectivity index is 1.75. The van der Waals surface area contributed by atoms with Gasteiger partial charge in [-0.25, -0.2) is 12.7 Å². The van der Waals surface area contributed by atoms with Crippen molar-refractivity contribution >= 4 is 33.5 Å². The second-order valence-electron chi connectivity index (χ2n) is 6.23. The number of rotatable bonds is 6. The van der Waals surface area contributed by atoms with Gasteiger partial charge in [-0.3, -0.25) is 4.68 Å². The highest BCUT2D eigenvalue weighted by molar-refractivity contribution is 7.89. The SMILES string of the molecule is CN(C)S(=O)(=O)c1ccc(CCn2cc3c(B(O)O)cccc3n2)cc1. The van der Waals surface area contributed by atoms with Crippen LogP contribution in [-0.2, 0) is 23.0 Å². The minimum Gasteiger partial charge on any atom is -0.423 e. The lowest BCUT2D eigenvalue weighted by Crippen LogP contribution is -2.30. The van der Waals surface area contributed by atoms with Crippen molar-refractivity contribution in [2.24, 2.45) is 0 Å². The smallest absolute Gasteiger partial charge is 0.423 e. The van der Waals surface area contributed by atoms with Crippen LogP contribution < -0.4 is 5.46 Å². The molecule has 0 aliphatic heterocycles. The van der Waals surface area contributed by atoms with Gasteiger partial charge in [-0.15, -0.1) is 0 Å². The molecule has 1 heterocycles. The summed E-state index contributed by atoms with van der Waals surface area (Å²) in [6.45, 7) is 0.593. The Morgan fingerprint density at radius 3 is 2.42 bits per heavy atom. The molecule has 3 rings (SSSR count). The maximum absolute atomic E-state index is 12.1. The largest absolute Gasteiger partial charge is 0.489 e. The zero-order chi connectivity index (χ0) is 18.9. The molecule has 0 unspecified atom stereocenters. The summed E-state index contributed by atoms with van der Waals surface area (Å²) >= 11 is 0. The van der Waals surface area contributed by atoms with Crippen LogP contribution in [0.5, 0.6) is 0 Å². The second-order valence-corrected chi connectivity index (χ2v) is 8.38. The van der Waals surface area contributed by atoms with E-state index in [0.29, 0.717) is 29.3 Å². The van der Waals surface area contributed by atoms with Gasteiger partial charge < -0.3 is 10.0 Å². The first kappa shape index (κ1) is 18.6. The Labute approximate surface area is 152 Å². The topological polar surface area (TPSA) is 95.7 Å². The zero-order valence-electron chi connectivity index (χ0n) is 14.6. The van der Waals surface area contributed by atoms with Crippen molar-refractivity contribution in [3.8, 4) is 0 Å². The predicted octanol–water partition coefficient (Wildman–Crippen LogP) is 0.209. The molecule has 136 valence electrons. The fourth-order valence-electron chi connectivity index (χ4n) is 2.74. The Morgan fingerprint density at radius 1 is 1.12 bits per heavy atom. The van der Waals surface area contributed by atoms with E-state index in [9.17, 15) is 18.5 Å². The van der Waals surface area contributed by atoms with Crippen LogP contribution in [0.15, 0.2) is 53.6 Å². The predicted molar refractivity (Wildman–Crippen MR) is 101 cm³/mol. The lowest BCUT2D eigenvalue weighted by Gasteiger charge is -2.11. The maximum Gasteiger partial charge on any atom is 0.489 e. The number of sulfonamides is 1. The number of hydrogen-bond donors (Lipinski definition) is 2. The lowest BCUT2D eigenvalue weighted by atomic mass is 9.78. The maximum atomic E-state index is 12.1. The van der Waals surface area contributed by atoms with Gasteiger partial charge in [0.15, 0.2) is 0 Å². The van der Waals surface area contributed by atoms with Gasteiger partial charge in [-0.05, 0) is 35.6 Å². The van der Waals surface area contributed by atoms with E-state index < -0.39 is 17.1 Å². The summed E-state index contributed by atoms with van der Waals surface area (Å²) in [6, 6.07) is 12.0. The fraction of sp³-hybridized carbons (Fsp3) is 0.235.